The average molecular weight is 298 g/mol. The summed E-state index contributed by atoms with van der Waals surface area (Å²) in [7, 11) is -3.60. The van der Waals surface area contributed by atoms with Crippen LogP contribution in [0.25, 0.3) is 0 Å². The third-order valence-electron chi connectivity index (χ3n) is 3.08. The summed E-state index contributed by atoms with van der Waals surface area (Å²) >= 11 is 0. The van der Waals surface area contributed by atoms with Crippen molar-refractivity contribution in [3.8, 4) is 0 Å². The van der Waals surface area contributed by atoms with Crippen LogP contribution >= 0.6 is 0 Å². The molecule has 1 aromatic rings. The van der Waals surface area contributed by atoms with E-state index in [1.54, 1.807) is 0 Å². The molecule has 1 rings (SSSR count). The van der Waals surface area contributed by atoms with Crippen LogP contribution in [0.1, 0.15) is 44.4 Å². The van der Waals surface area contributed by atoms with E-state index in [1.165, 1.54) is 0 Å². The number of hydrogen-bond acceptors (Lipinski definition) is 2. The Hall–Kier alpha value is -0.653. The van der Waals surface area contributed by atoms with Crippen LogP contribution in [0.3, 0.4) is 0 Å². The van der Waals surface area contributed by atoms with Gasteiger partial charge in [0.25, 0.3) is 10.1 Å². The Balaban J connectivity index is 3.68. The average Bonchev–Trinajstić information content (AvgIpc) is 2.28. The number of hydrogen-bond donors (Lipinski definition) is 1. The molecule has 0 bridgehead atoms. The van der Waals surface area contributed by atoms with Gasteiger partial charge < -0.3 is 0 Å². The van der Waals surface area contributed by atoms with Gasteiger partial charge in [0.2, 0.25) is 0 Å². The summed E-state index contributed by atoms with van der Waals surface area (Å²) in [6.45, 7) is 10.1. The van der Waals surface area contributed by atoms with Crippen LogP contribution in [-0.2, 0) is 23.0 Å². The van der Waals surface area contributed by atoms with E-state index < -0.39 is 10.1 Å². The van der Waals surface area contributed by atoms with Gasteiger partial charge >= 0.3 is 0 Å². The summed E-state index contributed by atoms with van der Waals surface area (Å²) in [5.74, 6) is 0. The number of aryl methyl sites for hydroxylation is 2. The van der Waals surface area contributed by atoms with Crippen LogP contribution in [0.15, 0.2) is 11.0 Å². The van der Waals surface area contributed by atoms with E-state index in [4.69, 9.17) is 0 Å². The standard InChI is InChI=1S/C14H22O3SSi/c1-6-11-8-10(5)14(19-9(3)4)12(7-2)13(11)18(15,16)17/h8-9H,6-7H2,1-5H3,(H,15,16,17). The zero-order valence-electron chi connectivity index (χ0n) is 12.2. The second-order valence-corrected chi connectivity index (χ2v) is 8.32. The summed E-state index contributed by atoms with van der Waals surface area (Å²) < 4.78 is 32.9. The zero-order chi connectivity index (χ0) is 14.8. The van der Waals surface area contributed by atoms with Crippen molar-refractivity contribution in [2.75, 3.05) is 0 Å². The first-order chi connectivity index (χ1) is 8.72. The first-order valence-electron chi connectivity index (χ1n) is 6.61. The van der Waals surface area contributed by atoms with Crippen LogP contribution < -0.4 is 5.19 Å². The van der Waals surface area contributed by atoms with Gasteiger partial charge in [0.05, 0.1) is 9.52 Å². The summed E-state index contributed by atoms with van der Waals surface area (Å²) in [6.07, 6.45) is 1.23. The molecule has 0 aliphatic carbocycles. The predicted octanol–water partition coefficient (Wildman–Crippen LogP) is 2.52. The molecule has 0 unspecified atom stereocenters. The molecule has 3 nitrogen and oxygen atoms in total. The van der Waals surface area contributed by atoms with E-state index in [-0.39, 0.29) is 4.90 Å². The van der Waals surface area contributed by atoms with Crippen molar-refractivity contribution in [3.05, 3.63) is 22.8 Å². The van der Waals surface area contributed by atoms with E-state index >= 15 is 0 Å². The van der Waals surface area contributed by atoms with Gasteiger partial charge in [0.15, 0.2) is 0 Å². The highest BCUT2D eigenvalue weighted by molar-refractivity contribution is 7.86. The molecule has 0 fully saturated rings. The van der Waals surface area contributed by atoms with Crippen LogP contribution in [-0.4, -0.2) is 22.5 Å². The zero-order valence-corrected chi connectivity index (χ0v) is 14.1. The van der Waals surface area contributed by atoms with Crippen molar-refractivity contribution in [3.63, 3.8) is 0 Å². The fourth-order valence-electron chi connectivity index (χ4n) is 2.36. The molecular weight excluding hydrogens is 276 g/mol. The van der Waals surface area contributed by atoms with Crippen molar-refractivity contribution < 1.29 is 13.0 Å². The quantitative estimate of drug-likeness (QED) is 0.671. The van der Waals surface area contributed by atoms with Gasteiger partial charge in [-0.2, -0.15) is 8.42 Å². The first-order valence-corrected chi connectivity index (χ1v) is 9.13. The molecule has 0 spiro atoms. The highest BCUT2D eigenvalue weighted by Crippen LogP contribution is 2.23. The van der Waals surface area contributed by atoms with Crippen molar-refractivity contribution in [2.45, 2.75) is 57.9 Å². The lowest BCUT2D eigenvalue weighted by molar-refractivity contribution is 0.481. The Morgan fingerprint density at radius 3 is 2.21 bits per heavy atom. The second kappa shape index (κ2) is 6.20. The van der Waals surface area contributed by atoms with E-state index in [1.807, 2.05) is 26.8 Å². The van der Waals surface area contributed by atoms with Gasteiger partial charge in [-0.1, -0.05) is 50.1 Å². The molecule has 0 heterocycles. The maximum absolute atomic E-state index is 11.7. The summed E-state index contributed by atoms with van der Waals surface area (Å²) in [6, 6.07) is 1.91. The highest BCUT2D eigenvalue weighted by Gasteiger charge is 2.23. The van der Waals surface area contributed by atoms with Crippen LogP contribution in [0.4, 0.5) is 0 Å². The molecule has 1 N–H and O–H groups in total. The second-order valence-electron chi connectivity index (χ2n) is 5.02. The molecule has 19 heavy (non-hydrogen) atoms. The Kier molecular flexibility index (Phi) is 5.35. The van der Waals surface area contributed by atoms with E-state index in [0.29, 0.717) is 33.5 Å². The van der Waals surface area contributed by atoms with E-state index in [2.05, 4.69) is 13.8 Å². The van der Waals surface area contributed by atoms with Crippen LogP contribution in [0.5, 0.6) is 0 Å². The number of benzene rings is 1. The van der Waals surface area contributed by atoms with Gasteiger partial charge in [-0.25, -0.2) is 0 Å². The van der Waals surface area contributed by atoms with Gasteiger partial charge in [-0.3, -0.25) is 4.55 Å². The minimum atomic E-state index is -4.16. The van der Waals surface area contributed by atoms with Crippen molar-refractivity contribution in [2.24, 2.45) is 0 Å². The lowest BCUT2D eigenvalue weighted by Gasteiger charge is -2.19. The van der Waals surface area contributed by atoms with Crippen LogP contribution in [0.2, 0.25) is 5.54 Å². The molecule has 1 aromatic carbocycles. The van der Waals surface area contributed by atoms with Gasteiger partial charge in [0.1, 0.15) is 4.90 Å². The molecule has 0 aliphatic rings. The van der Waals surface area contributed by atoms with Crippen LogP contribution in [0, 0.1) is 6.92 Å². The minimum absolute atomic E-state index is 0.145. The molecule has 106 valence electrons. The van der Waals surface area contributed by atoms with E-state index in [0.717, 1.165) is 16.3 Å². The summed E-state index contributed by atoms with van der Waals surface area (Å²) in [4.78, 5) is 0.145. The Morgan fingerprint density at radius 1 is 1.26 bits per heavy atom. The highest BCUT2D eigenvalue weighted by atomic mass is 32.2. The third-order valence-corrected chi connectivity index (χ3v) is 5.66. The molecule has 0 aromatic heterocycles. The molecular formula is C14H22O3SSi. The number of rotatable bonds is 5. The monoisotopic (exact) mass is 298 g/mol. The lowest BCUT2D eigenvalue weighted by atomic mass is 10.0. The predicted molar refractivity (Wildman–Crippen MR) is 80.2 cm³/mol. The Morgan fingerprint density at radius 2 is 1.84 bits per heavy atom. The largest absolute Gasteiger partial charge is 0.295 e. The SMILES string of the molecule is CCc1cc(C)c([Si]C(C)C)c(CC)c1S(=O)(=O)O. The summed E-state index contributed by atoms with van der Waals surface area (Å²) in [5, 5.41) is 1.10. The third kappa shape index (κ3) is 3.67. The molecule has 5 heteroatoms. The Bertz CT molecular complexity index is 563. The molecule has 0 saturated carbocycles. The van der Waals surface area contributed by atoms with Gasteiger partial charge in [-0.05, 0) is 30.9 Å². The first kappa shape index (κ1) is 16.4. The molecule has 0 amide bonds. The van der Waals surface area contributed by atoms with Crippen molar-refractivity contribution in [1.29, 1.82) is 0 Å². The van der Waals surface area contributed by atoms with Crippen molar-refractivity contribution in [1.82, 2.24) is 0 Å². The molecule has 0 aliphatic heterocycles. The fraction of sp³-hybridized carbons (Fsp3) is 0.571. The molecule has 0 atom stereocenters. The maximum atomic E-state index is 11.7. The summed E-state index contributed by atoms with van der Waals surface area (Å²) in [5.41, 5.74) is 3.12. The van der Waals surface area contributed by atoms with E-state index in [9.17, 15) is 13.0 Å². The molecule has 2 radical (unpaired) electrons. The Labute approximate surface area is 119 Å². The topological polar surface area (TPSA) is 54.4 Å². The smallest absolute Gasteiger partial charge is 0.282 e. The minimum Gasteiger partial charge on any atom is -0.282 e. The van der Waals surface area contributed by atoms with Crippen molar-refractivity contribution >= 4 is 24.8 Å². The fourth-order valence-corrected chi connectivity index (χ4v) is 4.89. The van der Waals surface area contributed by atoms with Gasteiger partial charge in [-0.15, -0.1) is 0 Å². The maximum Gasteiger partial charge on any atom is 0.295 e. The van der Waals surface area contributed by atoms with Gasteiger partial charge in [0, 0.05) is 0 Å². The lowest BCUT2D eigenvalue weighted by Crippen LogP contribution is -2.28. The molecule has 0 saturated heterocycles. The normalized spacial score (nSPS) is 12.2.